The molecule has 0 saturated carbocycles. The average Bonchev–Trinajstić information content (AvgIpc) is 3.10. The summed E-state index contributed by atoms with van der Waals surface area (Å²) in [5.41, 5.74) is 7.67. The van der Waals surface area contributed by atoms with Crippen LogP contribution in [0.3, 0.4) is 0 Å². The van der Waals surface area contributed by atoms with Gasteiger partial charge in [-0.3, -0.25) is 0 Å². The number of rotatable bonds is 12. The number of nitrogens with one attached hydrogen (secondary N) is 1. The number of piperidine rings is 1. The minimum absolute atomic E-state index is 0.0882. The molecular weight excluding hydrogens is 512 g/mol. The van der Waals surface area contributed by atoms with E-state index in [1.807, 2.05) is 12.1 Å². The van der Waals surface area contributed by atoms with Gasteiger partial charge in [0, 0.05) is 61.3 Å². The van der Waals surface area contributed by atoms with Crippen LogP contribution in [0.15, 0.2) is 53.4 Å². The first-order chi connectivity index (χ1) is 17.3. The summed E-state index contributed by atoms with van der Waals surface area (Å²) in [7, 11) is -1.13. The minimum Gasteiger partial charge on any atom is -0.399 e. The third-order valence-corrected chi connectivity index (χ3v) is 10.2. The molecule has 0 aliphatic carbocycles. The molecule has 4 rings (SSSR count). The van der Waals surface area contributed by atoms with E-state index < -0.39 is 9.84 Å². The van der Waals surface area contributed by atoms with Crippen LogP contribution in [0.5, 0.6) is 0 Å². The van der Waals surface area contributed by atoms with Crippen molar-refractivity contribution in [1.29, 1.82) is 0 Å². The Morgan fingerprint density at radius 3 is 2.50 bits per heavy atom. The number of nitrogens with two attached hydrogens (primary N) is 1. The lowest BCUT2D eigenvalue weighted by Crippen LogP contribution is -2.51. The van der Waals surface area contributed by atoms with E-state index in [0.29, 0.717) is 41.0 Å². The molecule has 6 nitrogen and oxygen atoms in total. The number of sulfone groups is 1. The van der Waals surface area contributed by atoms with E-state index >= 15 is 0 Å². The van der Waals surface area contributed by atoms with Crippen molar-refractivity contribution >= 4 is 39.8 Å². The maximum atomic E-state index is 13.1. The first-order valence-corrected chi connectivity index (χ1v) is 15.5. The maximum absolute atomic E-state index is 13.1. The molecule has 0 amide bonds. The highest BCUT2D eigenvalue weighted by atomic mass is 35.5. The van der Waals surface area contributed by atoms with Crippen LogP contribution < -0.4 is 11.1 Å². The Labute approximate surface area is 226 Å². The van der Waals surface area contributed by atoms with Crippen molar-refractivity contribution in [2.45, 2.75) is 42.2 Å². The highest BCUT2D eigenvalue weighted by Gasteiger charge is 2.46. The zero-order chi connectivity index (χ0) is 25.7. The summed E-state index contributed by atoms with van der Waals surface area (Å²) in [6.07, 6.45) is 3.57. The SMILES string of the molecule is CN1C2CCC1C(CN(CCNCCS)CCS(=O)(=O)c1ccc(N)cc1)C(c1ccc(Cl)cc1)C2. The molecule has 36 heavy (non-hydrogen) atoms. The van der Waals surface area contributed by atoms with E-state index in [4.69, 9.17) is 17.3 Å². The Morgan fingerprint density at radius 1 is 1.08 bits per heavy atom. The summed E-state index contributed by atoms with van der Waals surface area (Å²) >= 11 is 10.5. The van der Waals surface area contributed by atoms with E-state index in [9.17, 15) is 8.42 Å². The summed E-state index contributed by atoms with van der Waals surface area (Å²) in [6.45, 7) is 3.82. The van der Waals surface area contributed by atoms with Crippen molar-refractivity contribution in [2.24, 2.45) is 5.92 Å². The van der Waals surface area contributed by atoms with E-state index in [-0.39, 0.29) is 5.75 Å². The van der Waals surface area contributed by atoms with Crippen LogP contribution in [0.2, 0.25) is 5.02 Å². The second-order valence-corrected chi connectivity index (χ2v) is 13.2. The van der Waals surface area contributed by atoms with Gasteiger partial charge >= 0.3 is 0 Å². The predicted octanol–water partition coefficient (Wildman–Crippen LogP) is 3.78. The number of halogens is 1. The molecule has 2 aliphatic heterocycles. The van der Waals surface area contributed by atoms with Crippen LogP contribution in [-0.2, 0) is 9.84 Å². The largest absolute Gasteiger partial charge is 0.399 e. The van der Waals surface area contributed by atoms with Gasteiger partial charge in [0.15, 0.2) is 9.84 Å². The van der Waals surface area contributed by atoms with Gasteiger partial charge in [-0.1, -0.05) is 23.7 Å². The molecule has 0 spiro atoms. The fourth-order valence-electron chi connectivity index (χ4n) is 6.00. The van der Waals surface area contributed by atoms with Crippen molar-refractivity contribution < 1.29 is 8.42 Å². The lowest BCUT2D eigenvalue weighted by molar-refractivity contribution is 0.0727. The van der Waals surface area contributed by atoms with Gasteiger partial charge in [0.25, 0.3) is 0 Å². The van der Waals surface area contributed by atoms with Gasteiger partial charge in [0.2, 0.25) is 0 Å². The number of benzene rings is 2. The van der Waals surface area contributed by atoms with Gasteiger partial charge in [0.05, 0.1) is 10.6 Å². The van der Waals surface area contributed by atoms with Crippen molar-refractivity contribution in [3.05, 3.63) is 59.1 Å². The van der Waals surface area contributed by atoms with E-state index in [1.54, 1.807) is 24.3 Å². The topological polar surface area (TPSA) is 78.7 Å². The zero-order valence-corrected chi connectivity index (χ0v) is 23.5. The number of hydrogen-bond acceptors (Lipinski definition) is 7. The van der Waals surface area contributed by atoms with Crippen molar-refractivity contribution in [1.82, 2.24) is 15.1 Å². The van der Waals surface area contributed by atoms with Crippen LogP contribution in [0.4, 0.5) is 5.69 Å². The first-order valence-electron chi connectivity index (χ1n) is 12.9. The van der Waals surface area contributed by atoms with E-state index in [0.717, 1.165) is 43.4 Å². The Morgan fingerprint density at radius 2 is 1.81 bits per heavy atom. The molecular formula is C27H39ClN4O2S2. The second-order valence-electron chi connectivity index (χ2n) is 10.2. The molecule has 2 aliphatic rings. The van der Waals surface area contributed by atoms with Gasteiger partial charge in [-0.25, -0.2) is 8.42 Å². The quantitative estimate of drug-likeness (QED) is 0.212. The van der Waals surface area contributed by atoms with E-state index in [1.165, 1.54) is 18.4 Å². The molecule has 2 aromatic rings. The van der Waals surface area contributed by atoms with Crippen molar-refractivity contribution in [2.75, 3.05) is 57.0 Å². The molecule has 2 fully saturated rings. The molecule has 9 heteroatoms. The molecule has 2 saturated heterocycles. The highest BCUT2D eigenvalue weighted by molar-refractivity contribution is 7.91. The summed E-state index contributed by atoms with van der Waals surface area (Å²) in [5.74, 6) is 1.74. The lowest BCUT2D eigenvalue weighted by atomic mass is 9.76. The fraction of sp³-hybridized carbons (Fsp3) is 0.556. The van der Waals surface area contributed by atoms with Crippen LogP contribution in [-0.4, -0.2) is 81.6 Å². The van der Waals surface area contributed by atoms with Crippen molar-refractivity contribution in [3.63, 3.8) is 0 Å². The number of hydrogen-bond donors (Lipinski definition) is 3. The van der Waals surface area contributed by atoms with Gasteiger partial charge in [-0.2, -0.15) is 12.6 Å². The number of nitrogens with zero attached hydrogens (tertiary/aromatic N) is 2. The summed E-state index contributed by atoms with van der Waals surface area (Å²) in [5, 5.41) is 4.18. The van der Waals surface area contributed by atoms with Crippen molar-refractivity contribution in [3.8, 4) is 0 Å². The molecule has 4 atom stereocenters. The molecule has 4 unspecified atom stereocenters. The standard InChI is InChI=1S/C27H39ClN4O2S2/c1-31-23-8-11-27(31)26(25(18-23)20-2-4-21(28)5-3-20)19-32(14-12-30-13-16-35)15-17-36(33,34)24-9-6-22(29)7-10-24/h2-7,9-10,23,25-27,30,35H,8,11-19,29H2,1H3. The first kappa shape index (κ1) is 27.7. The molecule has 2 heterocycles. The van der Waals surface area contributed by atoms with Crippen LogP contribution in [0.1, 0.15) is 30.7 Å². The third-order valence-electron chi connectivity index (χ3n) is 8.01. The number of nitrogen functional groups attached to an aromatic ring is 1. The van der Waals surface area contributed by atoms with Crippen LogP contribution in [0, 0.1) is 5.92 Å². The molecule has 2 aromatic carbocycles. The van der Waals surface area contributed by atoms with Crippen LogP contribution in [0.25, 0.3) is 0 Å². The van der Waals surface area contributed by atoms with Crippen LogP contribution >= 0.6 is 24.2 Å². The Hall–Kier alpha value is -1.29. The fourth-order valence-corrected chi connectivity index (χ4v) is 7.56. The molecule has 3 N–H and O–H groups in total. The monoisotopic (exact) mass is 550 g/mol. The molecule has 2 bridgehead atoms. The smallest absolute Gasteiger partial charge is 0.179 e. The van der Waals surface area contributed by atoms with E-state index in [2.05, 4.69) is 46.9 Å². The second kappa shape index (κ2) is 12.5. The summed E-state index contributed by atoms with van der Waals surface area (Å²) in [4.78, 5) is 5.25. The minimum atomic E-state index is -3.40. The Balaban J connectivity index is 1.52. The average molecular weight is 551 g/mol. The number of anilines is 1. The number of fused-ring (bicyclic) bond motifs is 2. The number of thiol groups is 1. The highest BCUT2D eigenvalue weighted by Crippen LogP contribution is 2.46. The molecule has 0 radical (unpaired) electrons. The van der Waals surface area contributed by atoms with Gasteiger partial charge in [0.1, 0.15) is 0 Å². The molecule has 0 aromatic heterocycles. The lowest BCUT2D eigenvalue weighted by Gasteiger charge is -2.45. The van der Waals surface area contributed by atoms with Gasteiger partial charge in [-0.15, -0.1) is 0 Å². The Kier molecular flexibility index (Phi) is 9.63. The molecule has 198 valence electrons. The third kappa shape index (κ3) is 6.77. The summed E-state index contributed by atoms with van der Waals surface area (Å²) in [6, 6.07) is 16.0. The van der Waals surface area contributed by atoms with Gasteiger partial charge in [-0.05, 0) is 80.1 Å². The van der Waals surface area contributed by atoms with Gasteiger partial charge < -0.3 is 20.9 Å². The summed E-state index contributed by atoms with van der Waals surface area (Å²) < 4.78 is 26.2. The maximum Gasteiger partial charge on any atom is 0.179 e. The zero-order valence-electron chi connectivity index (χ0n) is 21.0. The normalized spacial score (nSPS) is 24.4. The predicted molar refractivity (Wildman–Crippen MR) is 153 cm³/mol. The Bertz CT molecular complexity index is 1080.